The van der Waals surface area contributed by atoms with Crippen LogP contribution in [-0.4, -0.2) is 55.1 Å². The van der Waals surface area contributed by atoms with Crippen molar-refractivity contribution in [3.8, 4) is 0 Å². The first kappa shape index (κ1) is 16.0. The maximum atomic E-state index is 4.84. The molecule has 0 saturated carbocycles. The van der Waals surface area contributed by atoms with Crippen LogP contribution in [0, 0.1) is 6.92 Å². The van der Waals surface area contributed by atoms with Crippen molar-refractivity contribution in [2.45, 2.75) is 45.6 Å². The summed E-state index contributed by atoms with van der Waals surface area (Å²) in [5.41, 5.74) is 1.16. The minimum atomic E-state index is 0.343. The van der Waals surface area contributed by atoms with Crippen molar-refractivity contribution in [1.82, 2.24) is 14.9 Å². The molecule has 5 heteroatoms. The average Bonchev–Trinajstić information content (AvgIpc) is 2.47. The minimum Gasteiger partial charge on any atom is -0.373 e. The number of nitrogens with one attached hydrogen (secondary N) is 1. The van der Waals surface area contributed by atoms with E-state index in [1.807, 2.05) is 7.05 Å². The van der Waals surface area contributed by atoms with Gasteiger partial charge in [0.25, 0.3) is 0 Å². The minimum absolute atomic E-state index is 0.343. The van der Waals surface area contributed by atoms with Gasteiger partial charge in [-0.15, -0.1) is 0 Å². The molecule has 0 spiro atoms. The second kappa shape index (κ2) is 6.60. The van der Waals surface area contributed by atoms with Crippen molar-refractivity contribution < 1.29 is 0 Å². The fourth-order valence-corrected chi connectivity index (χ4v) is 2.93. The highest BCUT2D eigenvalue weighted by Gasteiger charge is 2.24. The topological polar surface area (TPSA) is 44.3 Å². The Labute approximate surface area is 128 Å². The molecule has 1 aromatic rings. The second-order valence-electron chi connectivity index (χ2n) is 6.47. The molecule has 0 aliphatic carbocycles. The number of anilines is 2. The monoisotopic (exact) mass is 291 g/mol. The molecule has 0 bridgehead atoms. The first-order valence-corrected chi connectivity index (χ1v) is 7.91. The van der Waals surface area contributed by atoms with Gasteiger partial charge in [-0.05, 0) is 33.9 Å². The Bertz CT molecular complexity index is 476. The van der Waals surface area contributed by atoms with Crippen LogP contribution in [0.1, 0.15) is 44.0 Å². The quantitative estimate of drug-likeness (QED) is 0.923. The van der Waals surface area contributed by atoms with Crippen LogP contribution in [0.3, 0.4) is 0 Å². The van der Waals surface area contributed by atoms with Crippen molar-refractivity contribution >= 4 is 11.6 Å². The number of hydrogen-bond donors (Lipinski definition) is 1. The smallest absolute Gasteiger partial charge is 0.137 e. The molecule has 1 saturated heterocycles. The molecule has 1 aliphatic heterocycles. The van der Waals surface area contributed by atoms with E-state index in [1.165, 1.54) is 12.8 Å². The maximum Gasteiger partial charge on any atom is 0.137 e. The Hall–Kier alpha value is -1.36. The first-order valence-electron chi connectivity index (χ1n) is 7.91. The van der Waals surface area contributed by atoms with Gasteiger partial charge in [0.1, 0.15) is 17.5 Å². The molecule has 2 heterocycles. The third kappa shape index (κ3) is 3.46. The normalized spacial score (nSPS) is 16.9. The van der Waals surface area contributed by atoms with Crippen molar-refractivity contribution in [2.75, 3.05) is 44.4 Å². The number of rotatable bonds is 4. The molecule has 0 radical (unpaired) electrons. The largest absolute Gasteiger partial charge is 0.373 e. The van der Waals surface area contributed by atoms with E-state index in [-0.39, 0.29) is 0 Å². The van der Waals surface area contributed by atoms with Gasteiger partial charge < -0.3 is 15.1 Å². The molecule has 118 valence electrons. The van der Waals surface area contributed by atoms with E-state index < -0.39 is 0 Å². The second-order valence-corrected chi connectivity index (χ2v) is 6.47. The van der Waals surface area contributed by atoms with E-state index >= 15 is 0 Å². The fraction of sp³-hybridized carbons (Fsp3) is 0.750. The van der Waals surface area contributed by atoms with Crippen LogP contribution in [0.2, 0.25) is 0 Å². The zero-order valence-electron chi connectivity index (χ0n) is 14.3. The summed E-state index contributed by atoms with van der Waals surface area (Å²) in [7, 11) is 6.28. The highest BCUT2D eigenvalue weighted by molar-refractivity contribution is 5.58. The Balaban J connectivity index is 2.25. The van der Waals surface area contributed by atoms with Gasteiger partial charge >= 0.3 is 0 Å². The van der Waals surface area contributed by atoms with Crippen molar-refractivity contribution in [3.63, 3.8) is 0 Å². The SMILES string of the molecule is CNc1nc(C(C)C)nc(N2CCC(N(C)C)CC2)c1C. The highest BCUT2D eigenvalue weighted by Crippen LogP contribution is 2.28. The average molecular weight is 291 g/mol. The molecule has 1 fully saturated rings. The Morgan fingerprint density at radius 1 is 1.19 bits per heavy atom. The summed E-state index contributed by atoms with van der Waals surface area (Å²) in [6.07, 6.45) is 2.39. The van der Waals surface area contributed by atoms with Crippen LogP contribution >= 0.6 is 0 Å². The number of piperidine rings is 1. The highest BCUT2D eigenvalue weighted by atomic mass is 15.2. The van der Waals surface area contributed by atoms with Gasteiger partial charge in [0.2, 0.25) is 0 Å². The molecular weight excluding hydrogens is 262 g/mol. The van der Waals surface area contributed by atoms with Crippen LogP contribution in [0.5, 0.6) is 0 Å². The lowest BCUT2D eigenvalue weighted by atomic mass is 10.0. The molecule has 1 N–H and O–H groups in total. The Morgan fingerprint density at radius 2 is 1.81 bits per heavy atom. The molecule has 5 nitrogen and oxygen atoms in total. The zero-order valence-corrected chi connectivity index (χ0v) is 14.3. The lowest BCUT2D eigenvalue weighted by Crippen LogP contribution is -2.42. The number of aromatic nitrogens is 2. The lowest BCUT2D eigenvalue weighted by molar-refractivity contribution is 0.249. The molecule has 21 heavy (non-hydrogen) atoms. The Morgan fingerprint density at radius 3 is 2.29 bits per heavy atom. The van der Waals surface area contributed by atoms with E-state index in [9.17, 15) is 0 Å². The third-order valence-corrected chi connectivity index (χ3v) is 4.38. The summed E-state index contributed by atoms with van der Waals surface area (Å²) in [6.45, 7) is 8.55. The van der Waals surface area contributed by atoms with E-state index in [0.717, 1.165) is 36.1 Å². The molecular formula is C16H29N5. The van der Waals surface area contributed by atoms with Gasteiger partial charge in [0, 0.05) is 37.7 Å². The van der Waals surface area contributed by atoms with E-state index in [4.69, 9.17) is 4.98 Å². The van der Waals surface area contributed by atoms with Crippen LogP contribution in [-0.2, 0) is 0 Å². The van der Waals surface area contributed by atoms with Crippen molar-refractivity contribution in [2.24, 2.45) is 0 Å². The predicted molar refractivity (Wildman–Crippen MR) is 89.3 cm³/mol. The predicted octanol–water partition coefficient (Wildman–Crippen LogP) is 2.48. The fourth-order valence-electron chi connectivity index (χ4n) is 2.93. The van der Waals surface area contributed by atoms with Gasteiger partial charge in [-0.1, -0.05) is 13.8 Å². The Kier molecular flexibility index (Phi) is 5.04. The van der Waals surface area contributed by atoms with Gasteiger partial charge in [-0.25, -0.2) is 9.97 Å². The molecule has 0 atom stereocenters. The van der Waals surface area contributed by atoms with E-state index in [0.29, 0.717) is 12.0 Å². The molecule has 0 unspecified atom stereocenters. The van der Waals surface area contributed by atoms with Crippen molar-refractivity contribution in [1.29, 1.82) is 0 Å². The van der Waals surface area contributed by atoms with Crippen molar-refractivity contribution in [3.05, 3.63) is 11.4 Å². The van der Waals surface area contributed by atoms with E-state index in [2.05, 4.69) is 55.0 Å². The molecule has 0 amide bonds. The molecule has 2 rings (SSSR count). The maximum absolute atomic E-state index is 4.84. The first-order chi connectivity index (χ1) is 9.93. The molecule has 1 aliphatic rings. The number of nitrogens with zero attached hydrogens (tertiary/aromatic N) is 4. The van der Waals surface area contributed by atoms with Crippen LogP contribution in [0.15, 0.2) is 0 Å². The summed E-state index contributed by atoms with van der Waals surface area (Å²) in [5.74, 6) is 3.33. The summed E-state index contributed by atoms with van der Waals surface area (Å²) in [4.78, 5) is 14.2. The van der Waals surface area contributed by atoms with Gasteiger partial charge in [-0.3, -0.25) is 0 Å². The molecule has 0 aromatic carbocycles. The van der Waals surface area contributed by atoms with Gasteiger partial charge in [0.15, 0.2) is 0 Å². The zero-order chi connectivity index (χ0) is 15.6. The van der Waals surface area contributed by atoms with Gasteiger partial charge in [0.05, 0.1) is 0 Å². The van der Waals surface area contributed by atoms with Gasteiger partial charge in [-0.2, -0.15) is 0 Å². The van der Waals surface area contributed by atoms with E-state index in [1.54, 1.807) is 0 Å². The summed E-state index contributed by atoms with van der Waals surface area (Å²) in [6, 6.07) is 0.691. The molecule has 1 aromatic heterocycles. The van der Waals surface area contributed by atoms with Crippen LogP contribution in [0.25, 0.3) is 0 Å². The standard InChI is InChI=1S/C16H29N5/c1-11(2)14-18-15(17-4)12(3)16(19-14)21-9-7-13(8-10-21)20(5)6/h11,13H,7-10H2,1-6H3,(H,17,18,19). The summed E-state index contributed by atoms with van der Waals surface area (Å²) < 4.78 is 0. The lowest BCUT2D eigenvalue weighted by Gasteiger charge is -2.36. The third-order valence-electron chi connectivity index (χ3n) is 4.38. The number of hydrogen-bond acceptors (Lipinski definition) is 5. The van der Waals surface area contributed by atoms with Crippen LogP contribution < -0.4 is 10.2 Å². The van der Waals surface area contributed by atoms with Crippen LogP contribution in [0.4, 0.5) is 11.6 Å². The summed E-state index contributed by atoms with van der Waals surface area (Å²) in [5, 5.41) is 3.21. The summed E-state index contributed by atoms with van der Waals surface area (Å²) >= 11 is 0.